The summed E-state index contributed by atoms with van der Waals surface area (Å²) in [5, 5.41) is 5.37. The van der Waals surface area contributed by atoms with E-state index in [1.54, 1.807) is 4.68 Å². The molecular weight excluding hydrogens is 176 g/mol. The van der Waals surface area contributed by atoms with Crippen LogP contribution in [0.5, 0.6) is 0 Å². The minimum Gasteiger partial charge on any atom is -0.298 e. The molecule has 0 fully saturated rings. The molecule has 2 rings (SSSR count). The lowest BCUT2D eigenvalue weighted by Crippen LogP contribution is -1.91. The normalized spacial score (nSPS) is 10.8. The standard InChI is InChI=1S/C11H12N2O/c1-7-4-9(6-14)11-10(5-7)8(2)13(3)12-11/h4-6H,1-3H3. The van der Waals surface area contributed by atoms with Gasteiger partial charge in [0, 0.05) is 23.7 Å². The lowest BCUT2D eigenvalue weighted by atomic mass is 10.1. The molecule has 2 aromatic rings. The van der Waals surface area contributed by atoms with Crippen LogP contribution < -0.4 is 0 Å². The van der Waals surface area contributed by atoms with Crippen molar-refractivity contribution in [3.63, 3.8) is 0 Å². The van der Waals surface area contributed by atoms with Crippen molar-refractivity contribution in [3.8, 4) is 0 Å². The van der Waals surface area contributed by atoms with Crippen molar-refractivity contribution in [2.24, 2.45) is 7.05 Å². The summed E-state index contributed by atoms with van der Waals surface area (Å²) < 4.78 is 1.80. The van der Waals surface area contributed by atoms with Crippen LogP contribution in [0.15, 0.2) is 12.1 Å². The smallest absolute Gasteiger partial charge is 0.152 e. The van der Waals surface area contributed by atoms with Gasteiger partial charge in [0.1, 0.15) is 5.52 Å². The minimum atomic E-state index is 0.670. The van der Waals surface area contributed by atoms with Gasteiger partial charge in [0.25, 0.3) is 0 Å². The highest BCUT2D eigenvalue weighted by Gasteiger charge is 2.09. The van der Waals surface area contributed by atoms with E-state index in [0.717, 1.165) is 28.4 Å². The maximum Gasteiger partial charge on any atom is 0.152 e. The van der Waals surface area contributed by atoms with Crippen molar-refractivity contribution in [1.82, 2.24) is 9.78 Å². The third-order valence-electron chi connectivity index (χ3n) is 2.54. The third kappa shape index (κ3) is 1.13. The Morgan fingerprint density at radius 3 is 2.71 bits per heavy atom. The summed E-state index contributed by atoms with van der Waals surface area (Å²) in [5.41, 5.74) is 3.65. The van der Waals surface area contributed by atoms with Gasteiger partial charge < -0.3 is 0 Å². The number of nitrogens with zero attached hydrogens (tertiary/aromatic N) is 2. The van der Waals surface area contributed by atoms with Crippen molar-refractivity contribution < 1.29 is 4.79 Å². The van der Waals surface area contributed by atoms with Gasteiger partial charge in [0.15, 0.2) is 6.29 Å². The van der Waals surface area contributed by atoms with Crippen LogP contribution in [0.2, 0.25) is 0 Å². The van der Waals surface area contributed by atoms with Crippen molar-refractivity contribution in [3.05, 3.63) is 29.0 Å². The summed E-state index contributed by atoms with van der Waals surface area (Å²) in [5.74, 6) is 0. The summed E-state index contributed by atoms with van der Waals surface area (Å²) in [7, 11) is 1.89. The van der Waals surface area contributed by atoms with Crippen molar-refractivity contribution in [2.75, 3.05) is 0 Å². The van der Waals surface area contributed by atoms with E-state index >= 15 is 0 Å². The molecule has 72 valence electrons. The molecule has 3 heteroatoms. The zero-order valence-electron chi connectivity index (χ0n) is 8.53. The zero-order valence-corrected chi connectivity index (χ0v) is 8.53. The Morgan fingerprint density at radius 2 is 2.07 bits per heavy atom. The van der Waals surface area contributed by atoms with E-state index in [0.29, 0.717) is 5.56 Å². The first kappa shape index (κ1) is 8.94. The predicted molar refractivity (Wildman–Crippen MR) is 55.6 cm³/mol. The first-order valence-corrected chi connectivity index (χ1v) is 4.52. The van der Waals surface area contributed by atoms with Crippen LogP contribution in [-0.4, -0.2) is 16.1 Å². The van der Waals surface area contributed by atoms with E-state index in [1.807, 2.05) is 27.0 Å². The predicted octanol–water partition coefficient (Wildman–Crippen LogP) is 2.00. The number of aldehydes is 1. The monoisotopic (exact) mass is 188 g/mol. The zero-order chi connectivity index (χ0) is 10.3. The molecule has 0 aliphatic heterocycles. The molecule has 0 atom stereocenters. The lowest BCUT2D eigenvalue weighted by Gasteiger charge is -1.96. The van der Waals surface area contributed by atoms with Crippen LogP contribution in [-0.2, 0) is 7.05 Å². The van der Waals surface area contributed by atoms with Crippen LogP contribution in [0.3, 0.4) is 0 Å². The Morgan fingerprint density at radius 1 is 1.36 bits per heavy atom. The molecule has 0 saturated heterocycles. The fourth-order valence-electron chi connectivity index (χ4n) is 1.68. The molecule has 0 bridgehead atoms. The highest BCUT2D eigenvalue weighted by molar-refractivity contribution is 5.97. The number of carbonyl (C=O) groups excluding carboxylic acids is 1. The minimum absolute atomic E-state index is 0.670. The van der Waals surface area contributed by atoms with Gasteiger partial charge >= 0.3 is 0 Å². The SMILES string of the molecule is Cc1cc(C=O)c2nn(C)c(C)c2c1. The molecule has 0 aliphatic carbocycles. The molecule has 0 radical (unpaired) electrons. The second-order valence-electron chi connectivity index (χ2n) is 3.58. The average Bonchev–Trinajstić information content (AvgIpc) is 2.43. The lowest BCUT2D eigenvalue weighted by molar-refractivity contribution is 0.112. The fourth-order valence-corrected chi connectivity index (χ4v) is 1.68. The molecule has 1 aromatic heterocycles. The number of aryl methyl sites for hydroxylation is 3. The summed E-state index contributed by atoms with van der Waals surface area (Å²) in [6, 6.07) is 3.92. The van der Waals surface area contributed by atoms with Gasteiger partial charge in [-0.05, 0) is 31.5 Å². The molecular formula is C11H12N2O. The maximum absolute atomic E-state index is 10.8. The van der Waals surface area contributed by atoms with E-state index in [4.69, 9.17) is 0 Å². The van der Waals surface area contributed by atoms with Crippen LogP contribution in [0.25, 0.3) is 10.9 Å². The highest BCUT2D eigenvalue weighted by Crippen LogP contribution is 2.21. The Hall–Kier alpha value is -1.64. The Bertz CT molecular complexity index is 511. The summed E-state index contributed by atoms with van der Waals surface area (Å²) in [6.45, 7) is 3.99. The van der Waals surface area contributed by atoms with Gasteiger partial charge in [-0.15, -0.1) is 0 Å². The number of aromatic nitrogens is 2. The van der Waals surface area contributed by atoms with Crippen LogP contribution in [0.1, 0.15) is 21.6 Å². The van der Waals surface area contributed by atoms with Gasteiger partial charge in [-0.1, -0.05) is 0 Å². The first-order chi connectivity index (χ1) is 6.63. The average molecular weight is 188 g/mol. The van der Waals surface area contributed by atoms with Gasteiger partial charge in [-0.25, -0.2) is 0 Å². The van der Waals surface area contributed by atoms with Gasteiger partial charge in [-0.2, -0.15) is 5.10 Å². The number of hydrogen-bond acceptors (Lipinski definition) is 2. The molecule has 1 aromatic carbocycles. The second kappa shape index (κ2) is 2.94. The molecule has 0 amide bonds. The van der Waals surface area contributed by atoms with E-state index in [2.05, 4.69) is 11.2 Å². The number of hydrogen-bond donors (Lipinski definition) is 0. The van der Waals surface area contributed by atoms with Gasteiger partial charge in [0.2, 0.25) is 0 Å². The number of carbonyl (C=O) groups is 1. The van der Waals surface area contributed by atoms with Crippen molar-refractivity contribution >= 4 is 17.2 Å². The molecule has 0 aliphatic rings. The van der Waals surface area contributed by atoms with Gasteiger partial charge in [-0.3, -0.25) is 9.48 Å². The molecule has 14 heavy (non-hydrogen) atoms. The number of benzene rings is 1. The molecule has 0 N–H and O–H groups in total. The molecule has 0 spiro atoms. The Kier molecular flexibility index (Phi) is 1.88. The molecule has 0 saturated carbocycles. The van der Waals surface area contributed by atoms with Gasteiger partial charge in [0.05, 0.1) is 0 Å². The van der Waals surface area contributed by atoms with E-state index in [1.165, 1.54) is 0 Å². The summed E-state index contributed by atoms with van der Waals surface area (Å²) >= 11 is 0. The van der Waals surface area contributed by atoms with Crippen LogP contribution in [0.4, 0.5) is 0 Å². The van der Waals surface area contributed by atoms with Crippen LogP contribution >= 0.6 is 0 Å². The largest absolute Gasteiger partial charge is 0.298 e. The number of rotatable bonds is 1. The Balaban J connectivity index is 2.94. The van der Waals surface area contributed by atoms with E-state index < -0.39 is 0 Å². The highest BCUT2D eigenvalue weighted by atomic mass is 16.1. The molecule has 1 heterocycles. The van der Waals surface area contributed by atoms with E-state index in [-0.39, 0.29) is 0 Å². The topological polar surface area (TPSA) is 34.9 Å². The van der Waals surface area contributed by atoms with Crippen molar-refractivity contribution in [2.45, 2.75) is 13.8 Å². The Labute approximate surface area is 82.3 Å². The van der Waals surface area contributed by atoms with E-state index in [9.17, 15) is 4.79 Å². The first-order valence-electron chi connectivity index (χ1n) is 4.52. The summed E-state index contributed by atoms with van der Waals surface area (Å²) in [4.78, 5) is 10.8. The maximum atomic E-state index is 10.8. The molecule has 0 unspecified atom stereocenters. The second-order valence-corrected chi connectivity index (χ2v) is 3.58. The summed E-state index contributed by atoms with van der Waals surface area (Å²) in [6.07, 6.45) is 0.863. The van der Waals surface area contributed by atoms with Crippen LogP contribution in [0, 0.1) is 13.8 Å². The third-order valence-corrected chi connectivity index (χ3v) is 2.54. The quantitative estimate of drug-likeness (QED) is 0.641. The fraction of sp³-hybridized carbons (Fsp3) is 0.273. The number of fused-ring (bicyclic) bond motifs is 1. The van der Waals surface area contributed by atoms with Crippen molar-refractivity contribution in [1.29, 1.82) is 0 Å². The molecule has 3 nitrogen and oxygen atoms in total.